The molecule has 1 amide bonds. The zero-order valence-electron chi connectivity index (χ0n) is 16.3. The van der Waals surface area contributed by atoms with E-state index in [1.165, 1.54) is 6.92 Å². The molecule has 0 aromatic heterocycles. The molecule has 1 unspecified atom stereocenters. The minimum absolute atomic E-state index is 0.0325. The maximum atomic E-state index is 12.2. The molecule has 29 heavy (non-hydrogen) atoms. The summed E-state index contributed by atoms with van der Waals surface area (Å²) in [4.78, 5) is 25.7. The van der Waals surface area contributed by atoms with Gasteiger partial charge in [-0.25, -0.2) is 5.43 Å². The summed E-state index contributed by atoms with van der Waals surface area (Å²) in [5.41, 5.74) is 5.12. The molecule has 2 aromatic carbocycles. The molecule has 0 spiro atoms. The number of likely N-dealkylation sites (tertiary alicyclic amines) is 1. The number of benzene rings is 2. The first-order valence-electron chi connectivity index (χ1n) is 9.57. The van der Waals surface area contributed by atoms with E-state index >= 15 is 0 Å². The van der Waals surface area contributed by atoms with E-state index in [2.05, 4.69) is 31.4 Å². The summed E-state index contributed by atoms with van der Waals surface area (Å²) in [5.74, 6) is -0.479. The highest BCUT2D eigenvalue weighted by molar-refractivity contribution is 9.10. The van der Waals surface area contributed by atoms with Gasteiger partial charge in [-0.1, -0.05) is 40.2 Å². The van der Waals surface area contributed by atoms with Crippen LogP contribution in [0.5, 0.6) is 0 Å². The van der Waals surface area contributed by atoms with E-state index in [-0.39, 0.29) is 18.0 Å². The topological polar surface area (TPSA) is 71.0 Å². The number of halogens is 1. The highest BCUT2D eigenvalue weighted by atomic mass is 79.9. The summed E-state index contributed by atoms with van der Waals surface area (Å²) in [6, 6.07) is 15.1. The van der Waals surface area contributed by atoms with Crippen LogP contribution in [0.3, 0.4) is 0 Å². The first-order chi connectivity index (χ1) is 14.0. The molecule has 1 fully saturated rings. The van der Waals surface area contributed by atoms with Gasteiger partial charge in [0.05, 0.1) is 6.21 Å². The molecule has 1 heterocycles. The van der Waals surface area contributed by atoms with Crippen molar-refractivity contribution in [3.63, 3.8) is 0 Å². The lowest BCUT2D eigenvalue weighted by Crippen LogP contribution is -2.39. The molecule has 0 radical (unpaired) electrons. The van der Waals surface area contributed by atoms with Gasteiger partial charge in [-0.15, -0.1) is 0 Å². The number of carbonyl (C=O) groups is 2. The van der Waals surface area contributed by atoms with Crippen molar-refractivity contribution in [2.24, 2.45) is 5.10 Å². The first kappa shape index (κ1) is 21.2. The number of hydrogen-bond donors (Lipinski definition) is 1. The Kier molecular flexibility index (Phi) is 7.55. The first-order valence-corrected chi connectivity index (χ1v) is 10.4. The second kappa shape index (κ2) is 10.3. The molecule has 1 aliphatic rings. The SMILES string of the molecule is CC(=O)OC1CCCN(Cc2ccc(C(=O)N/N=C/c3ccc(Br)cc3)cc2)C1. The number of esters is 1. The molecule has 1 atom stereocenters. The van der Waals surface area contributed by atoms with Crippen LogP contribution in [0, 0.1) is 0 Å². The van der Waals surface area contributed by atoms with Gasteiger partial charge in [0.15, 0.2) is 0 Å². The third-order valence-electron chi connectivity index (χ3n) is 4.67. The molecule has 2 aromatic rings. The Morgan fingerprint density at radius 1 is 1.21 bits per heavy atom. The molecule has 3 rings (SSSR count). The van der Waals surface area contributed by atoms with Gasteiger partial charge in [-0.2, -0.15) is 5.10 Å². The Balaban J connectivity index is 1.50. The monoisotopic (exact) mass is 457 g/mol. The van der Waals surface area contributed by atoms with E-state index in [0.29, 0.717) is 5.56 Å². The molecule has 0 saturated carbocycles. The van der Waals surface area contributed by atoms with Crippen LogP contribution in [0.1, 0.15) is 41.3 Å². The normalized spacial score (nSPS) is 17.2. The van der Waals surface area contributed by atoms with Gasteiger partial charge >= 0.3 is 5.97 Å². The van der Waals surface area contributed by atoms with Gasteiger partial charge in [0, 0.05) is 30.0 Å². The van der Waals surface area contributed by atoms with Crippen LogP contribution in [0.4, 0.5) is 0 Å². The Labute approximate surface area is 179 Å². The molecule has 1 N–H and O–H groups in total. The highest BCUT2D eigenvalue weighted by Gasteiger charge is 2.22. The smallest absolute Gasteiger partial charge is 0.302 e. The summed E-state index contributed by atoms with van der Waals surface area (Å²) in [5, 5.41) is 4.01. The summed E-state index contributed by atoms with van der Waals surface area (Å²) in [6.07, 6.45) is 3.49. The van der Waals surface area contributed by atoms with Gasteiger partial charge in [0.2, 0.25) is 0 Å². The Morgan fingerprint density at radius 3 is 2.62 bits per heavy atom. The number of hydrazone groups is 1. The predicted molar refractivity (Wildman–Crippen MR) is 116 cm³/mol. The predicted octanol–water partition coefficient (Wildman–Crippen LogP) is 3.74. The average Bonchev–Trinajstić information content (AvgIpc) is 2.70. The van der Waals surface area contributed by atoms with Crippen molar-refractivity contribution in [2.75, 3.05) is 13.1 Å². The van der Waals surface area contributed by atoms with E-state index in [0.717, 1.165) is 48.1 Å². The minimum Gasteiger partial charge on any atom is -0.461 e. The van der Waals surface area contributed by atoms with Crippen LogP contribution in [0.15, 0.2) is 58.1 Å². The molecule has 1 saturated heterocycles. The summed E-state index contributed by atoms with van der Waals surface area (Å²) in [6.45, 7) is 3.93. The average molecular weight is 458 g/mol. The van der Waals surface area contributed by atoms with Crippen LogP contribution in [0.2, 0.25) is 0 Å². The van der Waals surface area contributed by atoms with Crippen LogP contribution < -0.4 is 5.43 Å². The lowest BCUT2D eigenvalue weighted by molar-refractivity contribution is -0.148. The fourth-order valence-electron chi connectivity index (χ4n) is 3.29. The third kappa shape index (κ3) is 6.80. The van der Waals surface area contributed by atoms with Crippen molar-refractivity contribution < 1.29 is 14.3 Å². The Bertz CT molecular complexity index is 866. The molecule has 6 nitrogen and oxygen atoms in total. The van der Waals surface area contributed by atoms with Crippen molar-refractivity contribution in [1.82, 2.24) is 10.3 Å². The molecule has 0 aliphatic carbocycles. The lowest BCUT2D eigenvalue weighted by atomic mass is 10.1. The van der Waals surface area contributed by atoms with Crippen LogP contribution in [-0.4, -0.2) is 42.2 Å². The second-order valence-electron chi connectivity index (χ2n) is 7.06. The van der Waals surface area contributed by atoms with E-state index < -0.39 is 0 Å². The largest absolute Gasteiger partial charge is 0.461 e. The zero-order chi connectivity index (χ0) is 20.6. The number of amides is 1. The number of nitrogens with one attached hydrogen (secondary N) is 1. The van der Waals surface area contributed by atoms with Gasteiger partial charge < -0.3 is 4.74 Å². The van der Waals surface area contributed by atoms with E-state index in [1.807, 2.05) is 36.4 Å². The van der Waals surface area contributed by atoms with Crippen molar-refractivity contribution in [3.8, 4) is 0 Å². The quantitative estimate of drug-likeness (QED) is 0.407. The van der Waals surface area contributed by atoms with E-state index in [4.69, 9.17) is 4.74 Å². The zero-order valence-corrected chi connectivity index (χ0v) is 17.9. The van der Waals surface area contributed by atoms with Crippen molar-refractivity contribution >= 4 is 34.0 Å². The van der Waals surface area contributed by atoms with E-state index in [9.17, 15) is 9.59 Å². The second-order valence-corrected chi connectivity index (χ2v) is 7.97. The van der Waals surface area contributed by atoms with Gasteiger partial charge in [-0.05, 0) is 54.8 Å². The summed E-state index contributed by atoms with van der Waals surface area (Å²) >= 11 is 3.38. The summed E-state index contributed by atoms with van der Waals surface area (Å²) < 4.78 is 6.33. The number of nitrogens with zero attached hydrogens (tertiary/aromatic N) is 2. The van der Waals surface area contributed by atoms with E-state index in [1.54, 1.807) is 18.3 Å². The molecule has 0 bridgehead atoms. The molecule has 1 aliphatic heterocycles. The van der Waals surface area contributed by atoms with Crippen LogP contribution >= 0.6 is 15.9 Å². The number of rotatable bonds is 6. The minimum atomic E-state index is -0.252. The van der Waals surface area contributed by atoms with Crippen molar-refractivity contribution in [2.45, 2.75) is 32.4 Å². The molecular weight excluding hydrogens is 434 g/mol. The third-order valence-corrected chi connectivity index (χ3v) is 5.20. The lowest BCUT2D eigenvalue weighted by Gasteiger charge is -2.32. The number of piperidine rings is 1. The Hall–Kier alpha value is -2.51. The molecule has 7 heteroatoms. The van der Waals surface area contributed by atoms with Gasteiger partial charge in [0.25, 0.3) is 5.91 Å². The standard InChI is InChI=1S/C22H24BrN3O3/c1-16(27)29-21-3-2-12-26(15-21)14-18-4-8-19(9-5-18)22(28)25-24-13-17-6-10-20(23)11-7-17/h4-11,13,21H,2-3,12,14-15H2,1H3,(H,25,28)/b24-13+. The fraction of sp³-hybridized carbons (Fsp3) is 0.318. The van der Waals surface area contributed by atoms with Crippen molar-refractivity contribution in [3.05, 3.63) is 69.7 Å². The molecule has 152 valence electrons. The fourth-order valence-corrected chi connectivity index (χ4v) is 3.55. The maximum Gasteiger partial charge on any atom is 0.302 e. The van der Waals surface area contributed by atoms with Gasteiger partial charge in [-0.3, -0.25) is 14.5 Å². The Morgan fingerprint density at radius 2 is 1.93 bits per heavy atom. The summed E-state index contributed by atoms with van der Waals surface area (Å²) in [7, 11) is 0. The van der Waals surface area contributed by atoms with Crippen LogP contribution in [0.25, 0.3) is 0 Å². The highest BCUT2D eigenvalue weighted by Crippen LogP contribution is 2.17. The van der Waals surface area contributed by atoms with Gasteiger partial charge in [0.1, 0.15) is 6.10 Å². The number of ether oxygens (including phenoxy) is 1. The maximum absolute atomic E-state index is 12.2. The van der Waals surface area contributed by atoms with Crippen molar-refractivity contribution in [1.29, 1.82) is 0 Å². The van der Waals surface area contributed by atoms with Crippen LogP contribution in [-0.2, 0) is 16.1 Å². The molecular formula is C22H24BrN3O3. The number of hydrogen-bond acceptors (Lipinski definition) is 5. The number of carbonyl (C=O) groups excluding carboxylic acids is 2.